The van der Waals surface area contributed by atoms with Crippen LogP contribution in [-0.4, -0.2) is 18.1 Å². The number of halogens is 1. The molecule has 0 aliphatic heterocycles. The molecular weight excluding hydrogens is 298 g/mol. The van der Waals surface area contributed by atoms with E-state index in [0.717, 1.165) is 27.6 Å². The van der Waals surface area contributed by atoms with Crippen LogP contribution in [0.25, 0.3) is 22.0 Å². The molecule has 0 spiro atoms. The Morgan fingerprint density at radius 2 is 1.91 bits per heavy atom. The van der Waals surface area contributed by atoms with Crippen LogP contribution in [0.15, 0.2) is 48.7 Å². The first-order valence-electron chi connectivity index (χ1n) is 6.84. The number of ether oxygens (including phenoxy) is 1. The lowest BCUT2D eigenvalue weighted by Crippen LogP contribution is -2.01. The van der Waals surface area contributed by atoms with Gasteiger partial charge in [0.2, 0.25) is 0 Å². The van der Waals surface area contributed by atoms with Crippen LogP contribution in [0.3, 0.4) is 0 Å². The Morgan fingerprint density at radius 3 is 2.64 bits per heavy atom. The second-order valence-electron chi connectivity index (χ2n) is 5.02. The van der Waals surface area contributed by atoms with Gasteiger partial charge in [0.05, 0.1) is 18.4 Å². The molecule has 0 bridgehead atoms. The highest BCUT2D eigenvalue weighted by Gasteiger charge is 2.13. The lowest BCUT2D eigenvalue weighted by atomic mass is 9.99. The third-order valence-corrected chi connectivity index (χ3v) is 3.97. The number of pyridine rings is 1. The second-order valence-corrected chi connectivity index (χ2v) is 5.43. The average molecular weight is 312 g/mol. The van der Waals surface area contributed by atoms with E-state index >= 15 is 0 Å². The summed E-state index contributed by atoms with van der Waals surface area (Å²) in [5.41, 5.74) is 3.14. The fourth-order valence-corrected chi connectivity index (χ4v) is 2.72. The number of fused-ring (bicyclic) bond motifs is 1. The Kier molecular flexibility index (Phi) is 3.82. The molecule has 0 atom stereocenters. The lowest BCUT2D eigenvalue weighted by molar-refractivity contribution is 0.0601. The molecule has 3 aromatic rings. The van der Waals surface area contributed by atoms with Crippen molar-refractivity contribution >= 4 is 28.3 Å². The first-order chi connectivity index (χ1) is 10.6. The summed E-state index contributed by atoms with van der Waals surface area (Å²) >= 11 is 6.30. The van der Waals surface area contributed by atoms with Gasteiger partial charge in [-0.2, -0.15) is 0 Å². The molecule has 0 saturated carbocycles. The Morgan fingerprint density at radius 1 is 1.14 bits per heavy atom. The van der Waals surface area contributed by atoms with Gasteiger partial charge in [-0.15, -0.1) is 0 Å². The largest absolute Gasteiger partial charge is 0.465 e. The van der Waals surface area contributed by atoms with Crippen molar-refractivity contribution in [2.24, 2.45) is 0 Å². The van der Waals surface area contributed by atoms with Crippen LogP contribution >= 0.6 is 11.6 Å². The fourth-order valence-electron chi connectivity index (χ4n) is 2.50. The number of aromatic nitrogens is 1. The first-order valence-corrected chi connectivity index (χ1v) is 7.22. The van der Waals surface area contributed by atoms with E-state index in [2.05, 4.69) is 4.98 Å². The van der Waals surface area contributed by atoms with Crippen molar-refractivity contribution in [2.75, 3.05) is 7.11 Å². The second kappa shape index (κ2) is 5.78. The van der Waals surface area contributed by atoms with Crippen molar-refractivity contribution in [1.29, 1.82) is 0 Å². The topological polar surface area (TPSA) is 39.2 Å². The number of hydrogen-bond acceptors (Lipinski definition) is 3. The molecule has 0 amide bonds. The summed E-state index contributed by atoms with van der Waals surface area (Å²) in [6.07, 6.45) is 1.82. The zero-order chi connectivity index (χ0) is 15.7. The maximum atomic E-state index is 11.8. The number of nitrogens with zero attached hydrogens (tertiary/aromatic N) is 1. The van der Waals surface area contributed by atoms with Crippen molar-refractivity contribution in [3.8, 4) is 11.3 Å². The summed E-state index contributed by atoms with van der Waals surface area (Å²) in [6, 6.07) is 13.0. The molecule has 0 saturated heterocycles. The van der Waals surface area contributed by atoms with Crippen LogP contribution in [0.5, 0.6) is 0 Å². The highest BCUT2D eigenvalue weighted by Crippen LogP contribution is 2.33. The van der Waals surface area contributed by atoms with Crippen molar-refractivity contribution in [3.63, 3.8) is 0 Å². The molecule has 1 aromatic heterocycles. The van der Waals surface area contributed by atoms with E-state index in [1.165, 1.54) is 7.11 Å². The smallest absolute Gasteiger partial charge is 0.337 e. The predicted molar refractivity (Wildman–Crippen MR) is 88.3 cm³/mol. The number of carbonyl (C=O) groups excluding carboxylic acids is 1. The van der Waals surface area contributed by atoms with E-state index in [1.54, 1.807) is 12.1 Å². The Balaban J connectivity index is 2.33. The number of carbonyl (C=O) groups is 1. The van der Waals surface area contributed by atoms with Crippen molar-refractivity contribution < 1.29 is 9.53 Å². The van der Waals surface area contributed by atoms with E-state index in [0.29, 0.717) is 10.6 Å². The molecule has 110 valence electrons. The monoisotopic (exact) mass is 311 g/mol. The molecule has 0 N–H and O–H groups in total. The summed E-state index contributed by atoms with van der Waals surface area (Å²) in [4.78, 5) is 16.3. The van der Waals surface area contributed by atoms with E-state index < -0.39 is 0 Å². The molecule has 0 radical (unpaired) electrons. The Bertz CT molecular complexity index is 874. The van der Waals surface area contributed by atoms with Gasteiger partial charge < -0.3 is 4.74 Å². The van der Waals surface area contributed by atoms with Gasteiger partial charge >= 0.3 is 5.97 Å². The molecular formula is C18H14ClNO2. The first kappa shape index (κ1) is 14.5. The Labute approximate surface area is 133 Å². The molecule has 3 rings (SSSR count). The minimum atomic E-state index is -0.367. The van der Waals surface area contributed by atoms with Crippen LogP contribution in [0, 0.1) is 6.92 Å². The summed E-state index contributed by atoms with van der Waals surface area (Å²) in [5.74, 6) is -0.367. The average Bonchev–Trinajstić information content (AvgIpc) is 2.55. The third kappa shape index (κ3) is 2.44. The van der Waals surface area contributed by atoms with Gasteiger partial charge in [-0.1, -0.05) is 35.9 Å². The molecule has 0 aliphatic rings. The van der Waals surface area contributed by atoms with E-state index in [-0.39, 0.29) is 5.97 Å². The molecule has 3 nitrogen and oxygen atoms in total. The fraction of sp³-hybridized carbons (Fsp3) is 0.111. The number of rotatable bonds is 2. The number of esters is 1. The maximum absolute atomic E-state index is 11.8. The van der Waals surface area contributed by atoms with Crippen molar-refractivity contribution in [2.45, 2.75) is 6.92 Å². The normalized spacial score (nSPS) is 10.7. The standard InChI is InChI=1S/C18H14ClNO2/c1-11-10-20-17(14-5-3-4-6-16(14)19)15-9-12(18(21)22-2)7-8-13(11)15/h3-10H,1-2H3. The summed E-state index contributed by atoms with van der Waals surface area (Å²) in [6.45, 7) is 1.99. The molecule has 22 heavy (non-hydrogen) atoms. The van der Waals surface area contributed by atoms with Crippen LogP contribution in [-0.2, 0) is 4.74 Å². The van der Waals surface area contributed by atoms with Crippen molar-refractivity contribution in [1.82, 2.24) is 4.98 Å². The van der Waals surface area contributed by atoms with Crippen LogP contribution in [0.1, 0.15) is 15.9 Å². The number of benzene rings is 2. The summed E-state index contributed by atoms with van der Waals surface area (Å²) in [5, 5.41) is 2.55. The van der Waals surface area contributed by atoms with Gasteiger partial charge in [0.1, 0.15) is 0 Å². The summed E-state index contributed by atoms with van der Waals surface area (Å²) < 4.78 is 4.80. The third-order valence-electron chi connectivity index (χ3n) is 3.64. The number of aryl methyl sites for hydroxylation is 1. The zero-order valence-corrected chi connectivity index (χ0v) is 13.0. The SMILES string of the molecule is COC(=O)c1ccc2c(C)cnc(-c3ccccc3Cl)c2c1. The van der Waals surface area contributed by atoms with E-state index in [9.17, 15) is 4.79 Å². The quantitative estimate of drug-likeness (QED) is 0.647. The summed E-state index contributed by atoms with van der Waals surface area (Å²) in [7, 11) is 1.37. The lowest BCUT2D eigenvalue weighted by Gasteiger charge is -2.11. The van der Waals surface area contributed by atoms with Crippen LogP contribution in [0.4, 0.5) is 0 Å². The molecule has 2 aromatic carbocycles. The van der Waals surface area contributed by atoms with Crippen molar-refractivity contribution in [3.05, 3.63) is 64.8 Å². The number of hydrogen-bond donors (Lipinski definition) is 0. The van der Waals surface area contributed by atoms with Gasteiger partial charge in [-0.05, 0) is 36.1 Å². The maximum Gasteiger partial charge on any atom is 0.337 e. The molecule has 0 unspecified atom stereocenters. The van der Waals surface area contributed by atoms with Gasteiger partial charge in [0.15, 0.2) is 0 Å². The van der Waals surface area contributed by atoms with Gasteiger partial charge in [-0.3, -0.25) is 4.98 Å². The predicted octanol–water partition coefficient (Wildman–Crippen LogP) is 4.65. The minimum Gasteiger partial charge on any atom is -0.465 e. The minimum absolute atomic E-state index is 0.367. The molecule has 0 fully saturated rings. The van der Waals surface area contributed by atoms with Gasteiger partial charge in [0.25, 0.3) is 0 Å². The van der Waals surface area contributed by atoms with Crippen LogP contribution < -0.4 is 0 Å². The number of methoxy groups -OCH3 is 1. The molecule has 4 heteroatoms. The molecule has 0 aliphatic carbocycles. The van der Waals surface area contributed by atoms with E-state index in [4.69, 9.17) is 16.3 Å². The highest BCUT2D eigenvalue weighted by molar-refractivity contribution is 6.33. The van der Waals surface area contributed by atoms with Crippen LogP contribution in [0.2, 0.25) is 5.02 Å². The molecule has 1 heterocycles. The zero-order valence-electron chi connectivity index (χ0n) is 12.3. The van der Waals surface area contributed by atoms with E-state index in [1.807, 2.05) is 43.5 Å². The Hall–Kier alpha value is -2.39. The van der Waals surface area contributed by atoms with Gasteiger partial charge in [0, 0.05) is 22.2 Å². The van der Waals surface area contributed by atoms with Gasteiger partial charge in [-0.25, -0.2) is 4.79 Å². The highest BCUT2D eigenvalue weighted by atomic mass is 35.5.